The van der Waals surface area contributed by atoms with Crippen molar-refractivity contribution in [1.29, 1.82) is 0 Å². The predicted octanol–water partition coefficient (Wildman–Crippen LogP) is 0.306. The zero-order valence-electron chi connectivity index (χ0n) is 12.7. The van der Waals surface area contributed by atoms with Crippen LogP contribution in [0.25, 0.3) is 0 Å². The zero-order valence-corrected chi connectivity index (χ0v) is 12.7. The molecule has 5 nitrogen and oxygen atoms in total. The highest BCUT2D eigenvalue weighted by Crippen LogP contribution is 2.26. The number of hydrogen-bond acceptors (Lipinski definition) is 4. The van der Waals surface area contributed by atoms with Crippen molar-refractivity contribution in [1.82, 2.24) is 15.1 Å². The number of morpholine rings is 1. The van der Waals surface area contributed by atoms with Gasteiger partial charge in [0.2, 0.25) is 5.91 Å². The predicted molar refractivity (Wildman–Crippen MR) is 77.5 cm³/mol. The van der Waals surface area contributed by atoms with Gasteiger partial charge in [-0.3, -0.25) is 9.69 Å². The van der Waals surface area contributed by atoms with Crippen LogP contribution in [0.3, 0.4) is 0 Å². The van der Waals surface area contributed by atoms with E-state index >= 15 is 0 Å². The van der Waals surface area contributed by atoms with Gasteiger partial charge in [-0.1, -0.05) is 0 Å². The maximum Gasteiger partial charge on any atom is 0.236 e. The Hall–Kier alpha value is -0.650. The summed E-state index contributed by atoms with van der Waals surface area (Å²) in [5, 5.41) is 3.47. The molecule has 3 heterocycles. The zero-order chi connectivity index (χ0) is 14.1. The first-order valence-corrected chi connectivity index (χ1v) is 8.01. The quantitative estimate of drug-likeness (QED) is 0.791. The minimum absolute atomic E-state index is 0.157. The molecule has 3 aliphatic rings. The summed E-state index contributed by atoms with van der Waals surface area (Å²) in [6, 6.07) is 0.573. The fourth-order valence-corrected chi connectivity index (χ4v) is 4.01. The lowest BCUT2D eigenvalue weighted by atomic mass is 9.92. The van der Waals surface area contributed by atoms with Crippen molar-refractivity contribution in [3.05, 3.63) is 0 Å². The number of ether oxygens (including phenoxy) is 1. The standard InChI is InChI=1S/C15H27N3O2/c1-11-8-18(9-12(2)20-11)15(19)10-17-5-3-4-13-6-16-7-14(13)17/h11-14,16H,3-10H2,1-2H3. The summed E-state index contributed by atoms with van der Waals surface area (Å²) >= 11 is 0. The second-order valence-corrected chi connectivity index (χ2v) is 6.65. The molecule has 1 amide bonds. The second kappa shape index (κ2) is 6.00. The molecule has 4 unspecified atom stereocenters. The summed E-state index contributed by atoms with van der Waals surface area (Å²) in [5.74, 6) is 1.03. The van der Waals surface area contributed by atoms with Gasteiger partial charge in [0.1, 0.15) is 0 Å². The van der Waals surface area contributed by atoms with E-state index in [-0.39, 0.29) is 18.1 Å². The van der Waals surface area contributed by atoms with E-state index in [1.165, 1.54) is 12.8 Å². The summed E-state index contributed by atoms with van der Waals surface area (Å²) in [4.78, 5) is 16.9. The lowest BCUT2D eigenvalue weighted by Crippen LogP contribution is -2.54. The van der Waals surface area contributed by atoms with E-state index in [1.807, 2.05) is 18.7 Å². The highest BCUT2D eigenvalue weighted by atomic mass is 16.5. The van der Waals surface area contributed by atoms with Crippen LogP contribution in [0.1, 0.15) is 26.7 Å². The van der Waals surface area contributed by atoms with Gasteiger partial charge in [0.25, 0.3) is 0 Å². The number of nitrogens with zero attached hydrogens (tertiary/aromatic N) is 2. The van der Waals surface area contributed by atoms with E-state index in [2.05, 4.69) is 10.2 Å². The molecule has 0 radical (unpaired) electrons. The molecule has 3 rings (SSSR count). The van der Waals surface area contributed by atoms with E-state index in [1.54, 1.807) is 0 Å². The maximum absolute atomic E-state index is 12.6. The molecule has 0 aromatic rings. The molecule has 5 heteroatoms. The second-order valence-electron chi connectivity index (χ2n) is 6.65. The molecule has 0 saturated carbocycles. The summed E-state index contributed by atoms with van der Waals surface area (Å²) in [6.07, 6.45) is 2.86. The van der Waals surface area contributed by atoms with Crippen LogP contribution in [0.15, 0.2) is 0 Å². The highest BCUT2D eigenvalue weighted by molar-refractivity contribution is 5.78. The molecular formula is C15H27N3O2. The van der Waals surface area contributed by atoms with Gasteiger partial charge in [-0.25, -0.2) is 0 Å². The molecule has 3 aliphatic heterocycles. The van der Waals surface area contributed by atoms with E-state index in [4.69, 9.17) is 4.74 Å². The Balaban J connectivity index is 1.57. The van der Waals surface area contributed by atoms with Gasteiger partial charge in [-0.05, 0) is 45.7 Å². The van der Waals surface area contributed by atoms with Gasteiger partial charge in [-0.2, -0.15) is 0 Å². The minimum atomic E-state index is 0.157. The van der Waals surface area contributed by atoms with Crippen molar-refractivity contribution >= 4 is 5.91 Å². The average molecular weight is 281 g/mol. The first-order valence-electron chi connectivity index (χ1n) is 8.01. The molecule has 3 fully saturated rings. The molecule has 0 aromatic carbocycles. The summed E-state index contributed by atoms with van der Waals surface area (Å²) in [7, 11) is 0. The number of rotatable bonds is 2. The maximum atomic E-state index is 12.6. The molecule has 3 saturated heterocycles. The fourth-order valence-electron chi connectivity index (χ4n) is 4.01. The first-order chi connectivity index (χ1) is 9.63. The molecule has 20 heavy (non-hydrogen) atoms. The van der Waals surface area contributed by atoms with Crippen LogP contribution in [0.5, 0.6) is 0 Å². The largest absolute Gasteiger partial charge is 0.372 e. The number of nitrogens with one attached hydrogen (secondary N) is 1. The Morgan fingerprint density at radius 2 is 2.00 bits per heavy atom. The number of likely N-dealkylation sites (tertiary alicyclic amines) is 1. The van der Waals surface area contributed by atoms with Crippen LogP contribution in [-0.2, 0) is 9.53 Å². The Kier molecular flexibility index (Phi) is 4.29. The molecular weight excluding hydrogens is 254 g/mol. The lowest BCUT2D eigenvalue weighted by Gasteiger charge is -2.40. The number of fused-ring (bicyclic) bond motifs is 1. The normalized spacial score (nSPS) is 38.8. The van der Waals surface area contributed by atoms with Crippen LogP contribution in [0.2, 0.25) is 0 Å². The SMILES string of the molecule is CC1CN(C(=O)CN2CCCC3CNCC32)CC(C)O1. The first kappa shape index (κ1) is 14.3. The van der Waals surface area contributed by atoms with Crippen LogP contribution < -0.4 is 5.32 Å². The van der Waals surface area contributed by atoms with Gasteiger partial charge >= 0.3 is 0 Å². The Morgan fingerprint density at radius 1 is 1.25 bits per heavy atom. The summed E-state index contributed by atoms with van der Waals surface area (Å²) in [5.41, 5.74) is 0. The van der Waals surface area contributed by atoms with Crippen LogP contribution in [0, 0.1) is 5.92 Å². The number of carbonyl (C=O) groups is 1. The highest BCUT2D eigenvalue weighted by Gasteiger charge is 2.36. The van der Waals surface area contributed by atoms with E-state index in [0.29, 0.717) is 12.6 Å². The molecule has 0 aliphatic carbocycles. The van der Waals surface area contributed by atoms with Crippen molar-refractivity contribution in [3.63, 3.8) is 0 Å². The smallest absolute Gasteiger partial charge is 0.236 e. The number of carbonyl (C=O) groups excluding carboxylic acids is 1. The van der Waals surface area contributed by atoms with Crippen molar-refractivity contribution in [2.24, 2.45) is 5.92 Å². The number of piperidine rings is 1. The summed E-state index contributed by atoms with van der Waals surface area (Å²) in [6.45, 7) is 9.41. The third-order valence-electron chi connectivity index (χ3n) is 4.90. The van der Waals surface area contributed by atoms with Crippen molar-refractivity contribution in [2.45, 2.75) is 44.9 Å². The molecule has 1 N–H and O–H groups in total. The van der Waals surface area contributed by atoms with Crippen LogP contribution in [-0.4, -0.2) is 73.2 Å². The van der Waals surface area contributed by atoms with Gasteiger partial charge in [0.15, 0.2) is 0 Å². The molecule has 0 aromatic heterocycles. The van der Waals surface area contributed by atoms with Crippen molar-refractivity contribution in [2.75, 3.05) is 39.3 Å². The van der Waals surface area contributed by atoms with E-state index in [0.717, 1.165) is 38.6 Å². The molecule has 4 atom stereocenters. The van der Waals surface area contributed by atoms with Gasteiger partial charge in [0, 0.05) is 25.7 Å². The summed E-state index contributed by atoms with van der Waals surface area (Å²) < 4.78 is 5.71. The van der Waals surface area contributed by atoms with Crippen molar-refractivity contribution in [3.8, 4) is 0 Å². The monoisotopic (exact) mass is 281 g/mol. The minimum Gasteiger partial charge on any atom is -0.372 e. The fraction of sp³-hybridized carbons (Fsp3) is 0.933. The van der Waals surface area contributed by atoms with Gasteiger partial charge in [-0.15, -0.1) is 0 Å². The third-order valence-corrected chi connectivity index (χ3v) is 4.90. The van der Waals surface area contributed by atoms with Crippen molar-refractivity contribution < 1.29 is 9.53 Å². The van der Waals surface area contributed by atoms with Gasteiger partial charge in [0.05, 0.1) is 18.8 Å². The van der Waals surface area contributed by atoms with Gasteiger partial charge < -0.3 is 15.0 Å². The molecule has 0 bridgehead atoms. The van der Waals surface area contributed by atoms with Crippen LogP contribution >= 0.6 is 0 Å². The third kappa shape index (κ3) is 3.00. The number of amides is 1. The molecule has 0 spiro atoms. The lowest BCUT2D eigenvalue weighted by molar-refractivity contribution is -0.145. The Bertz CT molecular complexity index is 353. The topological polar surface area (TPSA) is 44.8 Å². The average Bonchev–Trinajstić information content (AvgIpc) is 2.87. The molecule has 114 valence electrons. The Morgan fingerprint density at radius 3 is 2.75 bits per heavy atom. The van der Waals surface area contributed by atoms with Crippen LogP contribution in [0.4, 0.5) is 0 Å². The number of hydrogen-bond donors (Lipinski definition) is 1. The van der Waals surface area contributed by atoms with E-state index in [9.17, 15) is 4.79 Å². The Labute approximate surface area is 121 Å². The van der Waals surface area contributed by atoms with E-state index < -0.39 is 0 Å².